The molecule has 0 fully saturated rings. The summed E-state index contributed by atoms with van der Waals surface area (Å²) in [6, 6.07) is 0.0979. The van der Waals surface area contributed by atoms with E-state index in [-0.39, 0.29) is 17.8 Å². The SMILES string of the molecule is CCOC(CC)c1n[nH]c(=O)n1C(C)C. The molecule has 5 nitrogen and oxygen atoms in total. The Hall–Kier alpha value is -1.10. The first kappa shape index (κ1) is 12.0. The number of ether oxygens (including phenoxy) is 1. The minimum atomic E-state index is -0.168. The Morgan fingerprint density at radius 2 is 2.13 bits per heavy atom. The zero-order valence-electron chi connectivity index (χ0n) is 9.78. The summed E-state index contributed by atoms with van der Waals surface area (Å²) >= 11 is 0. The van der Waals surface area contributed by atoms with Gasteiger partial charge in [-0.3, -0.25) is 4.57 Å². The van der Waals surface area contributed by atoms with Crippen LogP contribution in [0.4, 0.5) is 0 Å². The van der Waals surface area contributed by atoms with Gasteiger partial charge >= 0.3 is 5.69 Å². The molecule has 1 aromatic heterocycles. The van der Waals surface area contributed by atoms with Crippen molar-refractivity contribution in [3.05, 3.63) is 16.3 Å². The molecular formula is C10H19N3O2. The van der Waals surface area contributed by atoms with E-state index < -0.39 is 0 Å². The third-order valence-corrected chi connectivity index (χ3v) is 2.27. The van der Waals surface area contributed by atoms with Gasteiger partial charge in [0.2, 0.25) is 0 Å². The Balaban J connectivity index is 3.06. The summed E-state index contributed by atoms with van der Waals surface area (Å²) in [5.74, 6) is 0.694. The molecule has 0 aliphatic carbocycles. The van der Waals surface area contributed by atoms with E-state index in [1.807, 2.05) is 27.7 Å². The van der Waals surface area contributed by atoms with Gasteiger partial charge in [0.25, 0.3) is 0 Å². The van der Waals surface area contributed by atoms with Gasteiger partial charge in [-0.1, -0.05) is 6.92 Å². The third-order valence-electron chi connectivity index (χ3n) is 2.27. The van der Waals surface area contributed by atoms with Crippen LogP contribution >= 0.6 is 0 Å². The lowest BCUT2D eigenvalue weighted by molar-refractivity contribution is 0.0498. The molecule has 1 N–H and O–H groups in total. The molecule has 0 aromatic carbocycles. The molecule has 0 radical (unpaired) electrons. The van der Waals surface area contributed by atoms with Crippen LogP contribution < -0.4 is 5.69 Å². The number of H-pyrrole nitrogens is 1. The second kappa shape index (κ2) is 5.11. The van der Waals surface area contributed by atoms with Crippen LogP contribution in [0, 0.1) is 0 Å². The zero-order valence-corrected chi connectivity index (χ0v) is 9.78. The summed E-state index contributed by atoms with van der Waals surface area (Å²) in [4.78, 5) is 11.5. The van der Waals surface area contributed by atoms with Crippen LogP contribution in [-0.2, 0) is 4.74 Å². The van der Waals surface area contributed by atoms with Gasteiger partial charge in [-0.15, -0.1) is 0 Å². The van der Waals surface area contributed by atoms with Gasteiger partial charge in [0, 0.05) is 12.6 Å². The van der Waals surface area contributed by atoms with Crippen molar-refractivity contribution in [1.82, 2.24) is 14.8 Å². The van der Waals surface area contributed by atoms with Gasteiger partial charge in [-0.25, -0.2) is 9.89 Å². The fraction of sp³-hybridized carbons (Fsp3) is 0.800. The van der Waals surface area contributed by atoms with Crippen LogP contribution in [-0.4, -0.2) is 21.4 Å². The molecular weight excluding hydrogens is 194 g/mol. The molecule has 0 spiro atoms. The lowest BCUT2D eigenvalue weighted by atomic mass is 10.2. The maximum Gasteiger partial charge on any atom is 0.343 e. The molecule has 0 bridgehead atoms. The molecule has 0 saturated heterocycles. The number of hydrogen-bond acceptors (Lipinski definition) is 3. The van der Waals surface area contributed by atoms with E-state index in [9.17, 15) is 4.79 Å². The molecule has 86 valence electrons. The van der Waals surface area contributed by atoms with Crippen molar-refractivity contribution in [3.8, 4) is 0 Å². The van der Waals surface area contributed by atoms with Crippen LogP contribution in [0.25, 0.3) is 0 Å². The molecule has 1 rings (SSSR count). The Morgan fingerprint density at radius 1 is 1.47 bits per heavy atom. The summed E-state index contributed by atoms with van der Waals surface area (Å²) in [5.41, 5.74) is -0.168. The molecule has 1 unspecified atom stereocenters. The summed E-state index contributed by atoms with van der Waals surface area (Å²) in [6.07, 6.45) is 0.710. The van der Waals surface area contributed by atoms with Crippen molar-refractivity contribution >= 4 is 0 Å². The van der Waals surface area contributed by atoms with Gasteiger partial charge in [-0.2, -0.15) is 5.10 Å². The van der Waals surface area contributed by atoms with Gasteiger partial charge in [0.15, 0.2) is 5.82 Å². The van der Waals surface area contributed by atoms with Crippen LogP contribution in [0.3, 0.4) is 0 Å². The van der Waals surface area contributed by atoms with Crippen molar-refractivity contribution < 1.29 is 4.74 Å². The van der Waals surface area contributed by atoms with Crippen molar-refractivity contribution in [1.29, 1.82) is 0 Å². The predicted molar refractivity (Wildman–Crippen MR) is 57.9 cm³/mol. The van der Waals surface area contributed by atoms with Gasteiger partial charge in [0.1, 0.15) is 6.10 Å². The number of hydrogen-bond donors (Lipinski definition) is 1. The van der Waals surface area contributed by atoms with Gasteiger partial charge in [0.05, 0.1) is 0 Å². The molecule has 1 atom stereocenters. The minimum absolute atomic E-state index is 0.0979. The molecule has 0 aliphatic heterocycles. The number of nitrogens with zero attached hydrogens (tertiary/aromatic N) is 2. The molecule has 1 heterocycles. The van der Waals surface area contributed by atoms with E-state index in [1.54, 1.807) is 4.57 Å². The smallest absolute Gasteiger partial charge is 0.343 e. The Labute approximate surface area is 89.5 Å². The summed E-state index contributed by atoms with van der Waals surface area (Å²) in [6.45, 7) is 8.49. The first-order valence-electron chi connectivity index (χ1n) is 5.40. The topological polar surface area (TPSA) is 59.9 Å². The molecule has 1 aromatic rings. The largest absolute Gasteiger partial charge is 0.371 e. The highest BCUT2D eigenvalue weighted by Crippen LogP contribution is 2.19. The second-order valence-corrected chi connectivity index (χ2v) is 3.70. The Bertz CT molecular complexity index is 354. The van der Waals surface area contributed by atoms with Gasteiger partial charge < -0.3 is 4.74 Å². The van der Waals surface area contributed by atoms with E-state index in [2.05, 4.69) is 10.2 Å². The maximum absolute atomic E-state index is 11.5. The predicted octanol–water partition coefficient (Wildman–Crippen LogP) is 1.64. The fourth-order valence-corrected chi connectivity index (χ4v) is 1.62. The number of aromatic amines is 1. The third kappa shape index (κ3) is 2.47. The zero-order chi connectivity index (χ0) is 11.4. The summed E-state index contributed by atoms with van der Waals surface area (Å²) < 4.78 is 7.18. The normalized spacial score (nSPS) is 13.4. The van der Waals surface area contributed by atoms with Crippen molar-refractivity contribution in [3.63, 3.8) is 0 Å². The van der Waals surface area contributed by atoms with Crippen molar-refractivity contribution in [2.24, 2.45) is 0 Å². The van der Waals surface area contributed by atoms with Gasteiger partial charge in [-0.05, 0) is 27.2 Å². The van der Waals surface area contributed by atoms with Crippen molar-refractivity contribution in [2.45, 2.75) is 46.3 Å². The van der Waals surface area contributed by atoms with Crippen LogP contribution in [0.15, 0.2) is 4.79 Å². The fourth-order valence-electron chi connectivity index (χ4n) is 1.62. The highest BCUT2D eigenvalue weighted by atomic mass is 16.5. The summed E-state index contributed by atoms with van der Waals surface area (Å²) in [5, 5.41) is 6.50. The Morgan fingerprint density at radius 3 is 2.60 bits per heavy atom. The summed E-state index contributed by atoms with van der Waals surface area (Å²) in [7, 11) is 0. The van der Waals surface area contributed by atoms with E-state index in [0.717, 1.165) is 6.42 Å². The first-order chi connectivity index (χ1) is 7.11. The van der Waals surface area contributed by atoms with E-state index in [4.69, 9.17) is 4.74 Å². The number of rotatable bonds is 5. The quantitative estimate of drug-likeness (QED) is 0.808. The van der Waals surface area contributed by atoms with Crippen LogP contribution in [0.1, 0.15) is 52.1 Å². The van der Waals surface area contributed by atoms with Crippen molar-refractivity contribution in [2.75, 3.05) is 6.61 Å². The lowest BCUT2D eigenvalue weighted by Gasteiger charge is -2.16. The molecule has 15 heavy (non-hydrogen) atoms. The van der Waals surface area contributed by atoms with E-state index >= 15 is 0 Å². The lowest BCUT2D eigenvalue weighted by Crippen LogP contribution is -2.22. The second-order valence-electron chi connectivity index (χ2n) is 3.70. The highest BCUT2D eigenvalue weighted by Gasteiger charge is 2.19. The standard InChI is InChI=1S/C10H19N3O2/c1-5-8(15-6-2)9-11-12-10(14)13(9)7(3)4/h7-8H,5-6H2,1-4H3,(H,12,14). The minimum Gasteiger partial charge on any atom is -0.371 e. The number of aromatic nitrogens is 3. The number of nitrogens with one attached hydrogen (secondary N) is 1. The average molecular weight is 213 g/mol. The molecule has 0 amide bonds. The first-order valence-corrected chi connectivity index (χ1v) is 5.40. The highest BCUT2D eigenvalue weighted by molar-refractivity contribution is 4.93. The molecule has 0 aliphatic rings. The molecule has 5 heteroatoms. The molecule has 0 saturated carbocycles. The monoisotopic (exact) mass is 213 g/mol. The van der Waals surface area contributed by atoms with Crippen LogP contribution in [0.5, 0.6) is 0 Å². The average Bonchev–Trinajstić information content (AvgIpc) is 2.56. The van der Waals surface area contributed by atoms with E-state index in [0.29, 0.717) is 12.4 Å². The maximum atomic E-state index is 11.5. The van der Waals surface area contributed by atoms with Crippen LogP contribution in [0.2, 0.25) is 0 Å². The Kier molecular flexibility index (Phi) is 4.08. The van der Waals surface area contributed by atoms with E-state index in [1.165, 1.54) is 0 Å².